The van der Waals surface area contributed by atoms with Crippen molar-refractivity contribution in [3.05, 3.63) is 74.2 Å². The molecule has 0 spiro atoms. The van der Waals surface area contributed by atoms with Crippen LogP contribution >= 0.6 is 58.4 Å². The lowest BCUT2D eigenvalue weighted by Gasteiger charge is -2.19. The van der Waals surface area contributed by atoms with Crippen LogP contribution in [0.1, 0.15) is 41.0 Å². The largest absolute Gasteiger partial charge is 0.451 e. The molecule has 0 aliphatic carbocycles. The van der Waals surface area contributed by atoms with Crippen LogP contribution in [0, 0.1) is 0 Å². The van der Waals surface area contributed by atoms with Gasteiger partial charge in [0.2, 0.25) is 0 Å². The molecule has 0 unspecified atom stereocenters. The average molecular weight is 581 g/mol. The predicted molar refractivity (Wildman–Crippen MR) is 152 cm³/mol. The van der Waals surface area contributed by atoms with Crippen LogP contribution in [-0.2, 0) is 0 Å². The maximum absolute atomic E-state index is 12.7. The first kappa shape index (κ1) is 26.4. The molecule has 0 saturated carbocycles. The van der Waals surface area contributed by atoms with Crippen molar-refractivity contribution < 1.29 is 14.0 Å². The number of furan rings is 1. The first-order chi connectivity index (χ1) is 16.9. The van der Waals surface area contributed by atoms with Crippen LogP contribution in [-0.4, -0.2) is 22.5 Å². The van der Waals surface area contributed by atoms with E-state index in [0.717, 1.165) is 4.70 Å². The smallest absolute Gasteiger partial charge is 0.293 e. The number of benzene rings is 2. The molecule has 0 radical (unpaired) electrons. The monoisotopic (exact) mass is 579 g/mol. The summed E-state index contributed by atoms with van der Waals surface area (Å²) < 4.78 is 6.40. The lowest BCUT2D eigenvalue weighted by atomic mass is 10.1. The number of carbonyl (C=O) groups is 2. The fourth-order valence-electron chi connectivity index (χ4n) is 3.34. The van der Waals surface area contributed by atoms with Crippen LogP contribution < -0.4 is 16.0 Å². The summed E-state index contributed by atoms with van der Waals surface area (Å²) in [6.45, 7) is 5.68. The highest BCUT2D eigenvalue weighted by molar-refractivity contribution is 7.80. The zero-order valence-corrected chi connectivity index (χ0v) is 23.2. The zero-order valence-electron chi connectivity index (χ0n) is 19.3. The third-order valence-electron chi connectivity index (χ3n) is 4.85. The number of amides is 2. The molecule has 0 atom stereocenters. The second-order valence-electron chi connectivity index (χ2n) is 8.83. The van der Waals surface area contributed by atoms with Gasteiger partial charge in [0.15, 0.2) is 10.9 Å². The Labute approximate surface area is 231 Å². The van der Waals surface area contributed by atoms with E-state index in [1.54, 1.807) is 36.4 Å². The molecule has 0 saturated heterocycles. The van der Waals surface area contributed by atoms with Crippen LogP contribution in [0.4, 0.5) is 5.69 Å². The molecular weight excluding hydrogens is 561 g/mol. The number of hydrogen-bond donors (Lipinski definition) is 3. The summed E-state index contributed by atoms with van der Waals surface area (Å²) in [6.07, 6.45) is 0. The minimum Gasteiger partial charge on any atom is -0.451 e. The van der Waals surface area contributed by atoms with E-state index in [1.807, 2.05) is 26.8 Å². The zero-order chi connectivity index (χ0) is 26.2. The van der Waals surface area contributed by atoms with Crippen molar-refractivity contribution in [3.8, 4) is 11.3 Å². The highest BCUT2D eigenvalue weighted by Crippen LogP contribution is 2.39. The molecule has 2 amide bonds. The van der Waals surface area contributed by atoms with Crippen molar-refractivity contribution in [2.24, 2.45) is 0 Å². The predicted octanol–water partition coefficient (Wildman–Crippen LogP) is 7.78. The summed E-state index contributed by atoms with van der Waals surface area (Å²) in [6, 6.07) is 13.5. The van der Waals surface area contributed by atoms with Gasteiger partial charge in [0.05, 0.1) is 20.4 Å². The number of anilines is 1. The topological polar surface area (TPSA) is 83.4 Å². The molecule has 11 heteroatoms. The molecule has 0 aliphatic heterocycles. The number of hydrogen-bond acceptors (Lipinski definition) is 5. The van der Waals surface area contributed by atoms with E-state index < -0.39 is 11.4 Å². The summed E-state index contributed by atoms with van der Waals surface area (Å²) >= 11 is 25.4. The lowest BCUT2D eigenvalue weighted by molar-refractivity contribution is 0.0921. The van der Waals surface area contributed by atoms with Gasteiger partial charge in [-0.05, 0) is 69.4 Å². The summed E-state index contributed by atoms with van der Waals surface area (Å²) in [5.74, 6) is -0.364. The third-order valence-corrected chi connectivity index (χ3v) is 7.36. The van der Waals surface area contributed by atoms with Crippen LogP contribution in [0.15, 0.2) is 52.9 Å². The maximum atomic E-state index is 12.7. The first-order valence-corrected chi connectivity index (χ1v) is 13.0. The van der Waals surface area contributed by atoms with Gasteiger partial charge >= 0.3 is 0 Å². The van der Waals surface area contributed by atoms with E-state index in [1.165, 1.54) is 17.4 Å². The molecule has 0 fully saturated rings. The fraction of sp³-hybridized carbons (Fsp3) is 0.160. The SMILES string of the molecule is CC(C)(C)NC(=O)c1sc2c(NC(=S)NC(=O)c3ccc(-c4cc(Cl)ccc4Cl)o3)cccc2c1Cl. The Morgan fingerprint density at radius 1 is 1.00 bits per heavy atom. The van der Waals surface area contributed by atoms with Crippen molar-refractivity contribution in [2.45, 2.75) is 26.3 Å². The number of thiophene rings is 1. The second kappa shape index (κ2) is 10.4. The van der Waals surface area contributed by atoms with Crippen molar-refractivity contribution >= 4 is 91.1 Å². The molecule has 36 heavy (non-hydrogen) atoms. The van der Waals surface area contributed by atoms with Gasteiger partial charge < -0.3 is 15.1 Å². The number of halogens is 3. The van der Waals surface area contributed by atoms with Gasteiger partial charge in [-0.2, -0.15) is 0 Å². The molecule has 2 aromatic heterocycles. The fourth-order valence-corrected chi connectivity index (χ4v) is 5.40. The van der Waals surface area contributed by atoms with E-state index in [2.05, 4.69) is 16.0 Å². The van der Waals surface area contributed by atoms with Crippen LogP contribution in [0.3, 0.4) is 0 Å². The molecule has 0 bridgehead atoms. The molecule has 0 aliphatic rings. The molecule has 4 aromatic rings. The van der Waals surface area contributed by atoms with Gasteiger partial charge in [0.1, 0.15) is 10.6 Å². The number of fused-ring (bicyclic) bond motifs is 1. The van der Waals surface area contributed by atoms with Gasteiger partial charge in [-0.15, -0.1) is 11.3 Å². The molecule has 2 heterocycles. The van der Waals surface area contributed by atoms with E-state index in [9.17, 15) is 9.59 Å². The third kappa shape index (κ3) is 5.85. The minimum atomic E-state index is -0.543. The molecule has 186 valence electrons. The maximum Gasteiger partial charge on any atom is 0.293 e. The van der Waals surface area contributed by atoms with Gasteiger partial charge in [-0.3, -0.25) is 14.9 Å². The van der Waals surface area contributed by atoms with E-state index in [0.29, 0.717) is 42.3 Å². The van der Waals surface area contributed by atoms with Crippen molar-refractivity contribution in [3.63, 3.8) is 0 Å². The van der Waals surface area contributed by atoms with E-state index >= 15 is 0 Å². The quantitative estimate of drug-likeness (QED) is 0.215. The summed E-state index contributed by atoms with van der Waals surface area (Å²) in [5, 5.41) is 10.6. The number of nitrogens with one attached hydrogen (secondary N) is 3. The Kier molecular flexibility index (Phi) is 7.64. The second-order valence-corrected chi connectivity index (χ2v) is 11.5. The summed E-state index contributed by atoms with van der Waals surface area (Å²) in [5.41, 5.74) is 0.759. The van der Waals surface area contributed by atoms with Gasteiger partial charge in [-0.1, -0.05) is 46.9 Å². The van der Waals surface area contributed by atoms with Crippen molar-refractivity contribution in [1.29, 1.82) is 0 Å². The van der Waals surface area contributed by atoms with Crippen LogP contribution in [0.2, 0.25) is 15.1 Å². The van der Waals surface area contributed by atoms with Crippen LogP contribution in [0.25, 0.3) is 21.4 Å². The number of thiocarbonyl (C=S) groups is 1. The lowest BCUT2D eigenvalue weighted by Crippen LogP contribution is -2.40. The Balaban J connectivity index is 1.51. The Hall–Kier alpha value is -2.62. The highest BCUT2D eigenvalue weighted by Gasteiger charge is 2.23. The molecule has 2 aromatic carbocycles. The number of rotatable bonds is 4. The van der Waals surface area contributed by atoms with Gasteiger partial charge in [0, 0.05) is 21.5 Å². The summed E-state index contributed by atoms with van der Waals surface area (Å²) in [4.78, 5) is 25.8. The Morgan fingerprint density at radius 3 is 2.47 bits per heavy atom. The standard InChI is InChI=1S/C25H20Cl3N3O3S2/c1-25(2,3)31-23(33)21-19(28)13-5-4-6-16(20(13)36-21)29-24(35)30-22(32)18-10-9-17(34-18)14-11-12(26)7-8-15(14)27/h4-11H,1-3H3,(H,31,33)(H2,29,30,32,35). The van der Waals surface area contributed by atoms with Crippen molar-refractivity contribution in [2.75, 3.05) is 5.32 Å². The van der Waals surface area contributed by atoms with Crippen molar-refractivity contribution in [1.82, 2.24) is 10.6 Å². The molecule has 4 rings (SSSR count). The molecule has 6 nitrogen and oxygen atoms in total. The average Bonchev–Trinajstić information content (AvgIpc) is 3.40. The minimum absolute atomic E-state index is 0.0451. The molecular formula is C25H20Cl3N3O3S2. The highest BCUT2D eigenvalue weighted by atomic mass is 35.5. The Morgan fingerprint density at radius 2 is 1.75 bits per heavy atom. The van der Waals surface area contributed by atoms with Gasteiger partial charge in [-0.25, -0.2) is 0 Å². The number of carbonyl (C=O) groups excluding carboxylic acids is 2. The molecule has 3 N–H and O–H groups in total. The van der Waals surface area contributed by atoms with Gasteiger partial charge in [0.25, 0.3) is 11.8 Å². The first-order valence-electron chi connectivity index (χ1n) is 10.6. The van der Waals surface area contributed by atoms with E-state index in [-0.39, 0.29) is 16.8 Å². The Bertz CT molecular complexity index is 1510. The normalized spacial score (nSPS) is 11.4. The summed E-state index contributed by atoms with van der Waals surface area (Å²) in [7, 11) is 0. The van der Waals surface area contributed by atoms with Crippen LogP contribution in [0.5, 0.6) is 0 Å². The van der Waals surface area contributed by atoms with E-state index in [4.69, 9.17) is 51.4 Å².